The van der Waals surface area contributed by atoms with Crippen molar-refractivity contribution in [3.63, 3.8) is 0 Å². The average molecular weight is 294 g/mol. The topological polar surface area (TPSA) is 134 Å². The number of ether oxygens (including phenoxy) is 2. The van der Waals surface area contributed by atoms with Gasteiger partial charge < -0.3 is 29.9 Å². The van der Waals surface area contributed by atoms with Crippen molar-refractivity contribution in [1.82, 2.24) is 0 Å². The summed E-state index contributed by atoms with van der Waals surface area (Å²) in [6, 6.07) is 0. The van der Waals surface area contributed by atoms with Crippen molar-refractivity contribution in [2.45, 2.75) is 51.1 Å². The highest BCUT2D eigenvalue weighted by molar-refractivity contribution is 5.77. The van der Waals surface area contributed by atoms with Gasteiger partial charge in [-0.3, -0.25) is 4.79 Å². The van der Waals surface area contributed by atoms with Crippen LogP contribution in [0.15, 0.2) is 0 Å². The van der Waals surface area contributed by atoms with Crippen LogP contribution in [0.3, 0.4) is 0 Å². The van der Waals surface area contributed by atoms with Gasteiger partial charge in [0.25, 0.3) is 5.79 Å². The summed E-state index contributed by atoms with van der Waals surface area (Å²) < 4.78 is 9.78. The molecule has 0 aliphatic carbocycles. The number of esters is 1. The predicted octanol–water partition coefficient (Wildman–Crippen LogP) is -0.749. The molecule has 0 saturated carbocycles. The summed E-state index contributed by atoms with van der Waals surface area (Å²) in [6.07, 6.45) is -1.93. The summed E-state index contributed by atoms with van der Waals surface area (Å²) in [5.74, 6) is -5.05. The van der Waals surface area contributed by atoms with Gasteiger partial charge in [-0.25, -0.2) is 4.79 Å². The van der Waals surface area contributed by atoms with Crippen LogP contribution in [0.5, 0.6) is 0 Å². The maximum Gasteiger partial charge on any atom is 0.366 e. The van der Waals surface area contributed by atoms with Crippen molar-refractivity contribution < 1.29 is 39.5 Å². The van der Waals surface area contributed by atoms with Crippen LogP contribution in [0.2, 0.25) is 0 Å². The Hall–Kier alpha value is -1.22. The van der Waals surface area contributed by atoms with Crippen LogP contribution in [0.25, 0.3) is 0 Å². The van der Waals surface area contributed by atoms with Crippen molar-refractivity contribution in [2.24, 2.45) is 0 Å². The van der Waals surface area contributed by atoms with Gasteiger partial charge in [-0.05, 0) is 20.3 Å². The Labute approximate surface area is 116 Å². The highest BCUT2D eigenvalue weighted by atomic mass is 16.6. The largest absolute Gasteiger partial charge is 0.481 e. The molecule has 2 unspecified atom stereocenters. The molecule has 0 heterocycles. The minimum absolute atomic E-state index is 0.0640. The molecule has 0 bridgehead atoms. The Balaban J connectivity index is 4.01. The van der Waals surface area contributed by atoms with E-state index in [0.29, 0.717) is 0 Å². The van der Waals surface area contributed by atoms with Gasteiger partial charge in [-0.15, -0.1) is 0 Å². The second-order valence-corrected chi connectivity index (χ2v) is 4.66. The number of carboxylic acids is 1. The standard InChI is InChI=1S/C12H22O8/c1-8(13)6-19-9(2)7-20-11(16)12(17,18)5-3-4-10(14)15/h8-9,13,17-18H,3-7H2,1-2H3,(H,14,15). The molecule has 8 heteroatoms. The Morgan fingerprint density at radius 3 is 2.30 bits per heavy atom. The zero-order valence-corrected chi connectivity index (χ0v) is 11.6. The van der Waals surface area contributed by atoms with E-state index in [4.69, 9.17) is 14.9 Å². The molecule has 118 valence electrons. The van der Waals surface area contributed by atoms with Crippen LogP contribution in [0.1, 0.15) is 33.1 Å². The fraction of sp³-hybridized carbons (Fsp3) is 0.833. The lowest BCUT2D eigenvalue weighted by molar-refractivity contribution is -0.214. The minimum Gasteiger partial charge on any atom is -0.481 e. The normalized spacial score (nSPS) is 14.7. The zero-order valence-electron chi connectivity index (χ0n) is 11.6. The molecule has 0 radical (unpaired) electrons. The summed E-state index contributed by atoms with van der Waals surface area (Å²) in [4.78, 5) is 21.7. The van der Waals surface area contributed by atoms with E-state index in [1.165, 1.54) is 6.92 Å². The van der Waals surface area contributed by atoms with E-state index in [1.54, 1.807) is 6.92 Å². The molecule has 0 rings (SSSR count). The molecular weight excluding hydrogens is 272 g/mol. The minimum atomic E-state index is -2.71. The molecule has 8 nitrogen and oxygen atoms in total. The molecule has 0 amide bonds. The molecule has 0 saturated heterocycles. The van der Waals surface area contributed by atoms with Crippen molar-refractivity contribution in [2.75, 3.05) is 13.2 Å². The molecule has 4 N–H and O–H groups in total. The highest BCUT2D eigenvalue weighted by Crippen LogP contribution is 2.13. The summed E-state index contributed by atoms with van der Waals surface area (Å²) in [5.41, 5.74) is 0. The van der Waals surface area contributed by atoms with E-state index in [-0.39, 0.29) is 26.1 Å². The SMILES string of the molecule is CC(O)COC(C)COC(=O)C(O)(O)CCCC(=O)O. The van der Waals surface area contributed by atoms with Gasteiger partial charge in [-0.1, -0.05) is 0 Å². The number of hydrogen-bond acceptors (Lipinski definition) is 7. The Kier molecular flexibility index (Phi) is 8.31. The van der Waals surface area contributed by atoms with E-state index in [1.807, 2.05) is 0 Å². The number of aliphatic hydroxyl groups excluding tert-OH is 1. The maximum atomic E-state index is 11.4. The lowest BCUT2D eigenvalue weighted by Gasteiger charge is -2.21. The van der Waals surface area contributed by atoms with Crippen molar-refractivity contribution in [1.29, 1.82) is 0 Å². The summed E-state index contributed by atoms with van der Waals surface area (Å²) in [5, 5.41) is 36.3. The number of carbonyl (C=O) groups excluding carboxylic acids is 1. The van der Waals surface area contributed by atoms with Crippen molar-refractivity contribution >= 4 is 11.9 Å². The quantitative estimate of drug-likeness (QED) is 0.305. The summed E-state index contributed by atoms with van der Waals surface area (Å²) in [6.45, 7) is 3.00. The fourth-order valence-electron chi connectivity index (χ4n) is 1.25. The Morgan fingerprint density at radius 1 is 1.20 bits per heavy atom. The van der Waals surface area contributed by atoms with Gasteiger partial charge in [-0.2, -0.15) is 0 Å². The van der Waals surface area contributed by atoms with Gasteiger partial charge in [0, 0.05) is 12.8 Å². The number of carbonyl (C=O) groups is 2. The third-order valence-electron chi connectivity index (χ3n) is 2.31. The van der Waals surface area contributed by atoms with E-state index in [0.717, 1.165) is 0 Å². The lowest BCUT2D eigenvalue weighted by atomic mass is 10.1. The average Bonchev–Trinajstić information content (AvgIpc) is 2.32. The number of hydrogen-bond donors (Lipinski definition) is 4. The second kappa shape index (κ2) is 8.85. The van der Waals surface area contributed by atoms with Crippen LogP contribution in [-0.2, 0) is 19.1 Å². The third-order valence-corrected chi connectivity index (χ3v) is 2.31. The van der Waals surface area contributed by atoms with Gasteiger partial charge in [0.2, 0.25) is 0 Å². The molecule has 2 atom stereocenters. The second-order valence-electron chi connectivity index (χ2n) is 4.66. The Bertz CT molecular complexity index is 313. The summed E-state index contributed by atoms with van der Waals surface area (Å²) >= 11 is 0. The third kappa shape index (κ3) is 8.81. The van der Waals surface area contributed by atoms with Crippen LogP contribution >= 0.6 is 0 Å². The lowest BCUT2D eigenvalue weighted by Crippen LogP contribution is -2.41. The monoisotopic (exact) mass is 294 g/mol. The van der Waals surface area contributed by atoms with Gasteiger partial charge in [0.15, 0.2) is 0 Å². The fourth-order valence-corrected chi connectivity index (χ4v) is 1.25. The molecule has 0 aromatic rings. The first-order valence-electron chi connectivity index (χ1n) is 6.28. The van der Waals surface area contributed by atoms with E-state index in [9.17, 15) is 19.8 Å². The van der Waals surface area contributed by atoms with E-state index < -0.39 is 36.4 Å². The van der Waals surface area contributed by atoms with Crippen LogP contribution in [-0.4, -0.2) is 63.6 Å². The first kappa shape index (κ1) is 18.8. The zero-order chi connectivity index (χ0) is 15.8. The first-order valence-corrected chi connectivity index (χ1v) is 6.28. The number of aliphatic hydroxyl groups is 3. The number of aliphatic carboxylic acids is 1. The highest BCUT2D eigenvalue weighted by Gasteiger charge is 2.35. The summed E-state index contributed by atoms with van der Waals surface area (Å²) in [7, 11) is 0. The first-order chi connectivity index (χ1) is 9.15. The van der Waals surface area contributed by atoms with Crippen LogP contribution < -0.4 is 0 Å². The molecular formula is C12H22O8. The number of carboxylic acid groups (broad SMARTS) is 1. The van der Waals surface area contributed by atoms with Gasteiger partial charge in [0.05, 0.1) is 18.8 Å². The molecule has 0 fully saturated rings. The van der Waals surface area contributed by atoms with Gasteiger partial charge >= 0.3 is 11.9 Å². The molecule has 20 heavy (non-hydrogen) atoms. The number of rotatable bonds is 10. The Morgan fingerprint density at radius 2 is 1.80 bits per heavy atom. The van der Waals surface area contributed by atoms with Crippen LogP contribution in [0, 0.1) is 0 Å². The maximum absolute atomic E-state index is 11.4. The molecule has 0 spiro atoms. The van der Waals surface area contributed by atoms with E-state index in [2.05, 4.69) is 4.74 Å². The van der Waals surface area contributed by atoms with Gasteiger partial charge in [0.1, 0.15) is 6.61 Å². The van der Waals surface area contributed by atoms with Crippen molar-refractivity contribution in [3.05, 3.63) is 0 Å². The predicted molar refractivity (Wildman–Crippen MR) is 66.7 cm³/mol. The van der Waals surface area contributed by atoms with E-state index >= 15 is 0 Å². The molecule has 0 aromatic heterocycles. The smallest absolute Gasteiger partial charge is 0.366 e. The molecule has 0 aliphatic heterocycles. The van der Waals surface area contributed by atoms with Crippen molar-refractivity contribution in [3.8, 4) is 0 Å². The molecule has 0 aromatic carbocycles. The molecule has 0 aliphatic rings. The van der Waals surface area contributed by atoms with Crippen LogP contribution in [0.4, 0.5) is 0 Å².